The van der Waals surface area contributed by atoms with Gasteiger partial charge in [-0.25, -0.2) is 4.39 Å². The summed E-state index contributed by atoms with van der Waals surface area (Å²) in [5.74, 6) is -1.22. The molecule has 1 N–H and O–H groups in total. The highest BCUT2D eigenvalue weighted by atomic mass is 19.4. The van der Waals surface area contributed by atoms with Crippen LogP contribution in [0.5, 0.6) is 0 Å². The van der Waals surface area contributed by atoms with Crippen molar-refractivity contribution in [2.75, 3.05) is 5.32 Å². The van der Waals surface area contributed by atoms with Crippen LogP contribution in [-0.4, -0.2) is 10.8 Å². The summed E-state index contributed by atoms with van der Waals surface area (Å²) in [6.07, 6.45) is -5.19. The van der Waals surface area contributed by atoms with E-state index in [0.29, 0.717) is 17.7 Å². The third-order valence-corrected chi connectivity index (χ3v) is 3.04. The molecule has 24 heavy (non-hydrogen) atoms. The van der Waals surface area contributed by atoms with Crippen molar-refractivity contribution in [1.29, 1.82) is 0 Å². The fraction of sp³-hybridized carbons (Fsp3) is 0.133. The van der Waals surface area contributed by atoms with Crippen LogP contribution in [0.4, 0.5) is 28.9 Å². The lowest BCUT2D eigenvalue weighted by Gasteiger charge is -2.10. The molecule has 0 saturated heterocycles. The molecule has 0 bridgehead atoms. The van der Waals surface area contributed by atoms with Crippen molar-refractivity contribution >= 4 is 17.3 Å². The van der Waals surface area contributed by atoms with E-state index in [1.54, 1.807) is 0 Å². The third kappa shape index (κ3) is 4.28. The number of carbonyl (C=O) groups excluding carboxylic acids is 1. The summed E-state index contributed by atoms with van der Waals surface area (Å²) in [4.78, 5) is 21.3. The molecule has 0 fully saturated rings. The Hall–Kier alpha value is -2.97. The van der Waals surface area contributed by atoms with Crippen LogP contribution in [0.3, 0.4) is 0 Å². The van der Waals surface area contributed by atoms with Crippen LogP contribution in [0, 0.1) is 15.9 Å². The van der Waals surface area contributed by atoms with Crippen molar-refractivity contribution in [3.63, 3.8) is 0 Å². The minimum absolute atomic E-state index is 0.241. The Bertz CT molecular complexity index is 791. The highest BCUT2D eigenvalue weighted by Gasteiger charge is 2.38. The second-order valence-corrected chi connectivity index (χ2v) is 4.84. The maximum absolute atomic E-state index is 13.0. The fourth-order valence-corrected chi connectivity index (χ4v) is 2.04. The van der Waals surface area contributed by atoms with E-state index in [1.165, 1.54) is 18.2 Å². The Balaban J connectivity index is 2.20. The highest BCUT2D eigenvalue weighted by Crippen LogP contribution is 2.37. The molecule has 2 aromatic carbocycles. The van der Waals surface area contributed by atoms with Gasteiger partial charge < -0.3 is 5.32 Å². The summed E-state index contributed by atoms with van der Waals surface area (Å²) in [6.45, 7) is 0. The molecule has 0 radical (unpaired) electrons. The molecule has 0 aliphatic rings. The molecular weight excluding hydrogens is 332 g/mol. The topological polar surface area (TPSA) is 72.2 Å². The Kier molecular flexibility index (Phi) is 4.82. The zero-order valence-electron chi connectivity index (χ0n) is 11.9. The quantitative estimate of drug-likeness (QED) is 0.520. The monoisotopic (exact) mass is 342 g/mol. The average Bonchev–Trinajstić information content (AvgIpc) is 2.45. The normalized spacial score (nSPS) is 11.2. The molecule has 1 amide bonds. The van der Waals surface area contributed by atoms with Gasteiger partial charge in [0, 0.05) is 11.8 Å². The zero-order chi connectivity index (χ0) is 17.9. The number of hydrogen-bond acceptors (Lipinski definition) is 3. The molecule has 126 valence electrons. The van der Waals surface area contributed by atoms with E-state index in [9.17, 15) is 32.5 Å². The van der Waals surface area contributed by atoms with E-state index in [1.807, 2.05) is 0 Å². The van der Waals surface area contributed by atoms with Crippen molar-refractivity contribution in [3.8, 4) is 0 Å². The molecule has 0 saturated carbocycles. The van der Waals surface area contributed by atoms with Gasteiger partial charge in [-0.15, -0.1) is 0 Å². The molecule has 2 aromatic rings. The number of anilines is 1. The number of rotatable bonds is 4. The molecule has 0 spiro atoms. The first kappa shape index (κ1) is 17.4. The Morgan fingerprint density at radius 3 is 2.46 bits per heavy atom. The van der Waals surface area contributed by atoms with E-state index in [4.69, 9.17) is 0 Å². The van der Waals surface area contributed by atoms with E-state index in [-0.39, 0.29) is 12.1 Å². The van der Waals surface area contributed by atoms with Crippen molar-refractivity contribution in [2.45, 2.75) is 12.6 Å². The van der Waals surface area contributed by atoms with Crippen LogP contribution in [0.15, 0.2) is 42.5 Å². The smallest absolute Gasteiger partial charge is 0.326 e. The number of nitro groups is 1. The molecule has 0 heterocycles. The van der Waals surface area contributed by atoms with E-state index in [0.717, 1.165) is 12.1 Å². The first-order valence-corrected chi connectivity index (χ1v) is 6.57. The van der Waals surface area contributed by atoms with E-state index in [2.05, 4.69) is 5.32 Å². The lowest BCUT2D eigenvalue weighted by atomic mass is 10.1. The summed E-state index contributed by atoms with van der Waals surface area (Å²) in [7, 11) is 0. The largest absolute Gasteiger partial charge is 0.423 e. The molecule has 2 rings (SSSR count). The van der Waals surface area contributed by atoms with Crippen LogP contribution in [-0.2, 0) is 17.4 Å². The number of carbonyl (C=O) groups is 1. The standard InChI is InChI=1S/C15H10F4N2O3/c16-10-3-1-2-9(6-10)7-14(22)20-11-4-5-13(21(23)24)12(8-11)15(17,18)19/h1-6,8H,7H2,(H,20,22). The number of nitro benzene ring substituents is 1. The Morgan fingerprint density at radius 2 is 1.88 bits per heavy atom. The lowest BCUT2D eigenvalue weighted by Crippen LogP contribution is -2.16. The van der Waals surface area contributed by atoms with Gasteiger partial charge in [-0.3, -0.25) is 14.9 Å². The lowest BCUT2D eigenvalue weighted by molar-refractivity contribution is -0.388. The maximum Gasteiger partial charge on any atom is 0.423 e. The molecule has 0 aliphatic carbocycles. The minimum Gasteiger partial charge on any atom is -0.326 e. The number of amides is 1. The van der Waals surface area contributed by atoms with Crippen molar-refractivity contribution < 1.29 is 27.3 Å². The number of nitrogens with zero attached hydrogens (tertiary/aromatic N) is 1. The van der Waals surface area contributed by atoms with Crippen LogP contribution < -0.4 is 5.32 Å². The molecular formula is C15H10F4N2O3. The van der Waals surface area contributed by atoms with Gasteiger partial charge in [0.1, 0.15) is 11.4 Å². The number of nitrogens with one attached hydrogen (secondary N) is 1. The first-order chi connectivity index (χ1) is 11.2. The minimum atomic E-state index is -4.94. The third-order valence-electron chi connectivity index (χ3n) is 3.04. The van der Waals surface area contributed by atoms with Gasteiger partial charge in [0.25, 0.3) is 5.69 Å². The van der Waals surface area contributed by atoms with Crippen molar-refractivity contribution in [3.05, 3.63) is 69.5 Å². The molecule has 0 aromatic heterocycles. The Morgan fingerprint density at radius 1 is 1.17 bits per heavy atom. The fourth-order valence-electron chi connectivity index (χ4n) is 2.04. The number of halogens is 4. The van der Waals surface area contributed by atoms with Gasteiger partial charge >= 0.3 is 6.18 Å². The molecule has 5 nitrogen and oxygen atoms in total. The predicted octanol–water partition coefficient (Wildman–Crippen LogP) is 3.93. The number of alkyl halides is 3. The van der Waals surface area contributed by atoms with Gasteiger partial charge in [0.15, 0.2) is 0 Å². The van der Waals surface area contributed by atoms with Crippen molar-refractivity contribution in [1.82, 2.24) is 0 Å². The van der Waals surface area contributed by atoms with E-state index >= 15 is 0 Å². The second-order valence-electron chi connectivity index (χ2n) is 4.84. The van der Waals surface area contributed by atoms with Crippen LogP contribution in [0.2, 0.25) is 0 Å². The molecule has 0 aliphatic heterocycles. The van der Waals surface area contributed by atoms with Gasteiger partial charge in [-0.2, -0.15) is 13.2 Å². The Labute approximate surface area is 133 Å². The summed E-state index contributed by atoms with van der Waals surface area (Å²) in [6, 6.07) is 7.34. The maximum atomic E-state index is 13.0. The number of benzene rings is 2. The summed E-state index contributed by atoms with van der Waals surface area (Å²) in [5, 5.41) is 12.9. The SMILES string of the molecule is O=C(Cc1cccc(F)c1)Nc1ccc([N+](=O)[O-])c(C(F)(F)F)c1. The summed E-state index contributed by atoms with van der Waals surface area (Å²) in [5.41, 5.74) is -2.47. The predicted molar refractivity (Wildman–Crippen MR) is 76.8 cm³/mol. The van der Waals surface area contributed by atoms with E-state index < -0.39 is 34.1 Å². The summed E-state index contributed by atoms with van der Waals surface area (Å²) >= 11 is 0. The second kappa shape index (κ2) is 6.65. The molecule has 9 heteroatoms. The van der Waals surface area contributed by atoms with Crippen LogP contribution >= 0.6 is 0 Å². The molecule has 0 unspecified atom stereocenters. The van der Waals surface area contributed by atoms with Gasteiger partial charge in [-0.05, 0) is 29.8 Å². The number of hydrogen-bond donors (Lipinski definition) is 1. The van der Waals surface area contributed by atoms with Crippen LogP contribution in [0.25, 0.3) is 0 Å². The van der Waals surface area contributed by atoms with Crippen molar-refractivity contribution in [2.24, 2.45) is 0 Å². The van der Waals surface area contributed by atoms with Gasteiger partial charge in [0.2, 0.25) is 5.91 Å². The summed E-state index contributed by atoms with van der Waals surface area (Å²) < 4.78 is 51.6. The van der Waals surface area contributed by atoms with Gasteiger partial charge in [0.05, 0.1) is 11.3 Å². The molecule has 0 atom stereocenters. The first-order valence-electron chi connectivity index (χ1n) is 6.57. The highest BCUT2D eigenvalue weighted by molar-refractivity contribution is 5.92. The van der Waals surface area contributed by atoms with Crippen LogP contribution in [0.1, 0.15) is 11.1 Å². The average molecular weight is 342 g/mol. The zero-order valence-corrected chi connectivity index (χ0v) is 11.9. The van der Waals surface area contributed by atoms with Gasteiger partial charge in [-0.1, -0.05) is 12.1 Å².